The maximum Gasteiger partial charge on any atom is 0.221 e. The SMILES string of the molecule is COCCNC(=O)CCNC1CC(C)N(C2CC2)C1. The van der Waals surface area contributed by atoms with Gasteiger partial charge in [-0.1, -0.05) is 0 Å². The summed E-state index contributed by atoms with van der Waals surface area (Å²) in [5.74, 6) is 0.106. The number of carbonyl (C=O) groups is 1. The van der Waals surface area contributed by atoms with Crippen molar-refractivity contribution in [1.29, 1.82) is 0 Å². The van der Waals surface area contributed by atoms with Crippen molar-refractivity contribution in [1.82, 2.24) is 15.5 Å². The van der Waals surface area contributed by atoms with Gasteiger partial charge < -0.3 is 15.4 Å². The van der Waals surface area contributed by atoms with E-state index in [0.29, 0.717) is 31.7 Å². The van der Waals surface area contributed by atoms with Crippen LogP contribution in [0.15, 0.2) is 0 Å². The molecule has 2 unspecified atom stereocenters. The molecule has 1 aliphatic heterocycles. The number of nitrogens with one attached hydrogen (secondary N) is 2. The Hall–Kier alpha value is -0.650. The van der Waals surface area contributed by atoms with Crippen LogP contribution in [0.5, 0.6) is 0 Å². The summed E-state index contributed by atoms with van der Waals surface area (Å²) in [5.41, 5.74) is 0. The molecule has 0 aromatic heterocycles. The van der Waals surface area contributed by atoms with Gasteiger partial charge in [0.1, 0.15) is 0 Å². The first-order chi connectivity index (χ1) is 9.20. The van der Waals surface area contributed by atoms with Crippen molar-refractivity contribution in [3.63, 3.8) is 0 Å². The molecule has 1 saturated carbocycles. The summed E-state index contributed by atoms with van der Waals surface area (Å²) in [7, 11) is 1.64. The summed E-state index contributed by atoms with van der Waals surface area (Å²) >= 11 is 0. The quantitative estimate of drug-likeness (QED) is 0.625. The van der Waals surface area contributed by atoms with Crippen molar-refractivity contribution in [2.45, 2.75) is 50.7 Å². The summed E-state index contributed by atoms with van der Waals surface area (Å²) in [6.45, 7) is 5.42. The zero-order chi connectivity index (χ0) is 13.7. The number of nitrogens with zero attached hydrogens (tertiary/aromatic N) is 1. The Morgan fingerprint density at radius 1 is 1.37 bits per heavy atom. The highest BCUT2D eigenvalue weighted by molar-refractivity contribution is 5.76. The molecule has 19 heavy (non-hydrogen) atoms. The second-order valence-corrected chi connectivity index (χ2v) is 5.76. The van der Waals surface area contributed by atoms with Gasteiger partial charge in [0.25, 0.3) is 0 Å². The van der Waals surface area contributed by atoms with Crippen molar-refractivity contribution >= 4 is 5.91 Å². The van der Waals surface area contributed by atoms with Gasteiger partial charge in [-0.3, -0.25) is 9.69 Å². The molecule has 2 N–H and O–H groups in total. The largest absolute Gasteiger partial charge is 0.383 e. The van der Waals surface area contributed by atoms with Gasteiger partial charge in [0.2, 0.25) is 5.91 Å². The molecule has 0 radical (unpaired) electrons. The van der Waals surface area contributed by atoms with E-state index in [-0.39, 0.29) is 5.91 Å². The summed E-state index contributed by atoms with van der Waals surface area (Å²) in [6.07, 6.45) is 4.51. The first kappa shape index (κ1) is 14.8. The van der Waals surface area contributed by atoms with Crippen LogP contribution in [0.2, 0.25) is 0 Å². The normalized spacial score (nSPS) is 27.7. The highest BCUT2D eigenvalue weighted by Crippen LogP contribution is 2.33. The third-order valence-electron chi connectivity index (χ3n) is 4.05. The Morgan fingerprint density at radius 2 is 2.16 bits per heavy atom. The zero-order valence-corrected chi connectivity index (χ0v) is 12.2. The van der Waals surface area contributed by atoms with Gasteiger partial charge in [-0.05, 0) is 26.2 Å². The molecule has 5 heteroatoms. The lowest BCUT2D eigenvalue weighted by Gasteiger charge is -2.19. The highest BCUT2D eigenvalue weighted by Gasteiger charge is 2.38. The number of rotatable bonds is 8. The Labute approximate surface area is 116 Å². The van der Waals surface area contributed by atoms with Gasteiger partial charge in [-0.25, -0.2) is 0 Å². The van der Waals surface area contributed by atoms with E-state index >= 15 is 0 Å². The monoisotopic (exact) mass is 269 g/mol. The van der Waals surface area contributed by atoms with E-state index in [1.54, 1.807) is 7.11 Å². The zero-order valence-electron chi connectivity index (χ0n) is 12.2. The number of methoxy groups -OCH3 is 1. The van der Waals surface area contributed by atoms with E-state index in [9.17, 15) is 4.79 Å². The van der Waals surface area contributed by atoms with Crippen molar-refractivity contribution in [2.24, 2.45) is 0 Å². The average molecular weight is 269 g/mol. The standard InChI is InChI=1S/C14H27N3O2/c1-11-9-12(10-17(11)13-3-4-13)15-6-5-14(18)16-7-8-19-2/h11-13,15H,3-10H2,1-2H3,(H,16,18). The summed E-state index contributed by atoms with van der Waals surface area (Å²) in [5, 5.41) is 6.35. The predicted molar refractivity (Wildman–Crippen MR) is 75.1 cm³/mol. The van der Waals surface area contributed by atoms with Crippen LogP contribution in [0.3, 0.4) is 0 Å². The first-order valence-corrected chi connectivity index (χ1v) is 7.45. The Bertz CT molecular complexity index is 294. The Balaban J connectivity index is 1.55. The van der Waals surface area contributed by atoms with Gasteiger partial charge in [0.05, 0.1) is 6.61 Å². The molecule has 1 aliphatic carbocycles. The summed E-state index contributed by atoms with van der Waals surface area (Å²) in [6, 6.07) is 2.10. The second-order valence-electron chi connectivity index (χ2n) is 5.76. The lowest BCUT2D eigenvalue weighted by atomic mass is 10.2. The van der Waals surface area contributed by atoms with Crippen molar-refractivity contribution in [3.8, 4) is 0 Å². The lowest BCUT2D eigenvalue weighted by Crippen LogP contribution is -2.36. The average Bonchev–Trinajstić information content (AvgIpc) is 3.14. The fourth-order valence-electron chi connectivity index (χ4n) is 2.89. The van der Waals surface area contributed by atoms with E-state index < -0.39 is 0 Å². The van der Waals surface area contributed by atoms with Gasteiger partial charge in [0.15, 0.2) is 0 Å². The van der Waals surface area contributed by atoms with Crippen LogP contribution < -0.4 is 10.6 Å². The van der Waals surface area contributed by atoms with Crippen molar-refractivity contribution < 1.29 is 9.53 Å². The predicted octanol–water partition coefficient (Wildman–Crippen LogP) is 0.354. The summed E-state index contributed by atoms with van der Waals surface area (Å²) in [4.78, 5) is 14.1. The number of amides is 1. The highest BCUT2D eigenvalue weighted by atomic mass is 16.5. The number of hydrogen-bond acceptors (Lipinski definition) is 4. The smallest absolute Gasteiger partial charge is 0.221 e. The molecule has 1 amide bonds. The molecular formula is C14H27N3O2. The second kappa shape index (κ2) is 7.22. The third kappa shape index (κ3) is 4.75. The summed E-state index contributed by atoms with van der Waals surface area (Å²) < 4.78 is 4.89. The van der Waals surface area contributed by atoms with Crippen LogP contribution in [0.25, 0.3) is 0 Å². The minimum Gasteiger partial charge on any atom is -0.383 e. The Kier molecular flexibility index (Phi) is 5.60. The number of carbonyl (C=O) groups excluding carboxylic acids is 1. The first-order valence-electron chi connectivity index (χ1n) is 7.45. The minimum absolute atomic E-state index is 0.106. The molecule has 110 valence electrons. The van der Waals surface area contributed by atoms with Crippen molar-refractivity contribution in [2.75, 3.05) is 33.4 Å². The van der Waals surface area contributed by atoms with Crippen LogP contribution in [0.4, 0.5) is 0 Å². The van der Waals surface area contributed by atoms with E-state index in [0.717, 1.165) is 19.1 Å². The molecule has 0 bridgehead atoms. The maximum atomic E-state index is 11.5. The van der Waals surface area contributed by atoms with Crippen LogP contribution >= 0.6 is 0 Å². The molecular weight excluding hydrogens is 242 g/mol. The van der Waals surface area contributed by atoms with Crippen LogP contribution in [0.1, 0.15) is 32.6 Å². The fourth-order valence-corrected chi connectivity index (χ4v) is 2.89. The Morgan fingerprint density at radius 3 is 2.84 bits per heavy atom. The molecule has 0 aromatic carbocycles. The topological polar surface area (TPSA) is 53.6 Å². The maximum absolute atomic E-state index is 11.5. The van der Waals surface area contributed by atoms with Gasteiger partial charge in [-0.2, -0.15) is 0 Å². The molecule has 1 saturated heterocycles. The number of hydrogen-bond donors (Lipinski definition) is 2. The van der Waals surface area contributed by atoms with E-state index in [2.05, 4.69) is 22.5 Å². The molecule has 5 nitrogen and oxygen atoms in total. The van der Waals surface area contributed by atoms with Gasteiger partial charge >= 0.3 is 0 Å². The molecule has 2 rings (SSSR count). The van der Waals surface area contributed by atoms with Gasteiger partial charge in [-0.15, -0.1) is 0 Å². The van der Waals surface area contributed by atoms with Crippen LogP contribution in [0, 0.1) is 0 Å². The molecule has 0 spiro atoms. The van der Waals surface area contributed by atoms with E-state index in [1.165, 1.54) is 19.3 Å². The number of ether oxygens (including phenoxy) is 1. The fraction of sp³-hybridized carbons (Fsp3) is 0.929. The molecule has 0 aromatic rings. The molecule has 2 atom stereocenters. The lowest BCUT2D eigenvalue weighted by molar-refractivity contribution is -0.121. The van der Waals surface area contributed by atoms with Crippen LogP contribution in [-0.2, 0) is 9.53 Å². The molecule has 2 aliphatic rings. The van der Waals surface area contributed by atoms with E-state index in [4.69, 9.17) is 4.74 Å². The minimum atomic E-state index is 0.106. The van der Waals surface area contributed by atoms with Crippen LogP contribution in [-0.4, -0.2) is 62.3 Å². The molecule has 2 fully saturated rings. The third-order valence-corrected chi connectivity index (χ3v) is 4.05. The van der Waals surface area contributed by atoms with Crippen molar-refractivity contribution in [3.05, 3.63) is 0 Å². The van der Waals surface area contributed by atoms with E-state index in [1.807, 2.05) is 0 Å². The number of likely N-dealkylation sites (tertiary alicyclic amines) is 1. The van der Waals surface area contributed by atoms with Gasteiger partial charge in [0, 0.05) is 51.3 Å². The molecule has 1 heterocycles.